The predicted octanol–water partition coefficient (Wildman–Crippen LogP) is 3.73. The fourth-order valence-corrected chi connectivity index (χ4v) is 4.53. The average molecular weight is 440 g/mol. The molecule has 0 aliphatic carbocycles. The number of ether oxygens (including phenoxy) is 1. The van der Waals surface area contributed by atoms with Crippen LogP contribution < -0.4 is 0 Å². The number of hydrogen-bond acceptors (Lipinski definition) is 6. The minimum absolute atomic E-state index is 0.0217. The topological polar surface area (TPSA) is 89.5 Å². The number of hydrogen-bond donors (Lipinski definition) is 0. The molecule has 0 aliphatic heterocycles. The van der Waals surface area contributed by atoms with Gasteiger partial charge in [0.05, 0.1) is 27.3 Å². The second kappa shape index (κ2) is 9.80. The number of nitrogens with zero attached hydrogens (tertiary/aromatic N) is 3. The standard InChI is InChI=1S/C23H25N3O4S/c1-4-26(5-2)31(28,29)19-13-10-18(11-14-19)12-15-23(27)30-16-22-17(3)24-20-8-6-7-9-21(20)25-22/h6-15H,4-5,16H2,1-3H3/b15-12+. The number of rotatable bonds is 8. The van der Waals surface area contributed by atoms with E-state index in [-0.39, 0.29) is 11.5 Å². The smallest absolute Gasteiger partial charge is 0.331 e. The Morgan fingerprint density at radius 2 is 1.61 bits per heavy atom. The molecule has 0 unspecified atom stereocenters. The number of carbonyl (C=O) groups excluding carboxylic acids is 1. The van der Waals surface area contributed by atoms with Crippen molar-refractivity contribution in [1.82, 2.24) is 14.3 Å². The van der Waals surface area contributed by atoms with Crippen LogP contribution in [0.15, 0.2) is 59.5 Å². The van der Waals surface area contributed by atoms with Crippen molar-refractivity contribution in [3.8, 4) is 0 Å². The van der Waals surface area contributed by atoms with Gasteiger partial charge >= 0.3 is 5.97 Å². The molecule has 0 N–H and O–H groups in total. The summed E-state index contributed by atoms with van der Waals surface area (Å²) in [5.41, 5.74) is 3.54. The molecule has 3 aromatic rings. The second-order valence-electron chi connectivity index (χ2n) is 6.84. The van der Waals surface area contributed by atoms with Gasteiger partial charge in [-0.3, -0.25) is 0 Å². The fraction of sp³-hybridized carbons (Fsp3) is 0.261. The van der Waals surface area contributed by atoms with Crippen LogP contribution in [-0.4, -0.2) is 41.7 Å². The maximum absolute atomic E-state index is 12.5. The van der Waals surface area contributed by atoms with Crippen LogP contribution in [0, 0.1) is 6.92 Å². The minimum atomic E-state index is -3.50. The highest BCUT2D eigenvalue weighted by Gasteiger charge is 2.20. The molecule has 3 rings (SSSR count). The van der Waals surface area contributed by atoms with Gasteiger partial charge in [0, 0.05) is 19.2 Å². The quantitative estimate of drug-likeness (QED) is 0.392. The highest BCUT2D eigenvalue weighted by Crippen LogP contribution is 2.17. The summed E-state index contributed by atoms with van der Waals surface area (Å²) in [5.74, 6) is -0.519. The highest BCUT2D eigenvalue weighted by molar-refractivity contribution is 7.89. The van der Waals surface area contributed by atoms with Gasteiger partial charge in [-0.25, -0.2) is 23.2 Å². The van der Waals surface area contributed by atoms with Crippen LogP contribution in [0.2, 0.25) is 0 Å². The average Bonchev–Trinajstić information content (AvgIpc) is 2.77. The van der Waals surface area contributed by atoms with Crippen LogP contribution in [0.3, 0.4) is 0 Å². The van der Waals surface area contributed by atoms with Gasteiger partial charge in [0.2, 0.25) is 10.0 Å². The van der Waals surface area contributed by atoms with Crippen molar-refractivity contribution in [3.05, 3.63) is 71.6 Å². The lowest BCUT2D eigenvalue weighted by Crippen LogP contribution is -2.30. The van der Waals surface area contributed by atoms with Gasteiger partial charge in [-0.05, 0) is 42.8 Å². The lowest BCUT2D eigenvalue weighted by molar-refractivity contribution is -0.139. The van der Waals surface area contributed by atoms with Gasteiger partial charge in [-0.1, -0.05) is 38.1 Å². The normalized spacial score (nSPS) is 12.0. The Kier molecular flexibility index (Phi) is 7.14. The van der Waals surface area contributed by atoms with E-state index in [1.54, 1.807) is 32.1 Å². The first-order chi connectivity index (χ1) is 14.8. The Bertz CT molecular complexity index is 1200. The molecule has 0 spiro atoms. The Labute approximate surface area is 182 Å². The zero-order valence-corrected chi connectivity index (χ0v) is 18.6. The maximum atomic E-state index is 12.5. The van der Waals surface area contributed by atoms with Crippen molar-refractivity contribution in [1.29, 1.82) is 0 Å². The molecule has 8 heteroatoms. The van der Waals surface area contributed by atoms with E-state index in [2.05, 4.69) is 9.97 Å². The summed E-state index contributed by atoms with van der Waals surface area (Å²) in [6, 6.07) is 13.9. The number of sulfonamides is 1. The molecule has 162 valence electrons. The van der Waals surface area contributed by atoms with Crippen molar-refractivity contribution in [2.24, 2.45) is 0 Å². The molecule has 1 aromatic heterocycles. The van der Waals surface area contributed by atoms with E-state index in [0.29, 0.717) is 30.0 Å². The fourth-order valence-electron chi connectivity index (χ4n) is 3.08. The monoisotopic (exact) mass is 439 g/mol. The van der Waals surface area contributed by atoms with Gasteiger partial charge in [0.25, 0.3) is 0 Å². The molecule has 0 saturated carbocycles. The number of fused-ring (bicyclic) bond motifs is 1. The van der Waals surface area contributed by atoms with E-state index in [0.717, 1.165) is 11.0 Å². The summed E-state index contributed by atoms with van der Waals surface area (Å²) in [6.45, 7) is 6.27. The molecular formula is C23H25N3O4S. The van der Waals surface area contributed by atoms with E-state index < -0.39 is 16.0 Å². The summed E-state index contributed by atoms with van der Waals surface area (Å²) in [6.07, 6.45) is 2.88. The Morgan fingerprint density at radius 3 is 2.23 bits per heavy atom. The van der Waals surface area contributed by atoms with Crippen LogP contribution in [-0.2, 0) is 26.2 Å². The zero-order valence-electron chi connectivity index (χ0n) is 17.8. The van der Waals surface area contributed by atoms with Gasteiger partial charge in [0.15, 0.2) is 0 Å². The van der Waals surface area contributed by atoms with E-state index in [4.69, 9.17) is 4.74 Å². The molecule has 31 heavy (non-hydrogen) atoms. The summed E-state index contributed by atoms with van der Waals surface area (Å²) >= 11 is 0. The van der Waals surface area contributed by atoms with E-state index >= 15 is 0 Å². The molecule has 0 aliphatic rings. The second-order valence-corrected chi connectivity index (χ2v) is 8.78. The molecule has 2 aromatic carbocycles. The van der Waals surface area contributed by atoms with Crippen molar-refractivity contribution in [2.75, 3.05) is 13.1 Å². The minimum Gasteiger partial charge on any atom is -0.456 e. The molecule has 7 nitrogen and oxygen atoms in total. The third kappa shape index (κ3) is 5.34. The SMILES string of the molecule is CCN(CC)S(=O)(=O)c1ccc(/C=C/C(=O)OCc2nc3ccccc3nc2C)cc1. The first kappa shape index (κ1) is 22.6. The van der Waals surface area contributed by atoms with Crippen molar-refractivity contribution in [2.45, 2.75) is 32.3 Å². The largest absolute Gasteiger partial charge is 0.456 e. The molecule has 0 atom stereocenters. The van der Waals surface area contributed by atoms with Gasteiger partial charge < -0.3 is 4.74 Å². The molecule has 0 fully saturated rings. The molecule has 0 radical (unpaired) electrons. The first-order valence-electron chi connectivity index (χ1n) is 10.0. The van der Waals surface area contributed by atoms with Crippen molar-refractivity contribution >= 4 is 33.1 Å². The van der Waals surface area contributed by atoms with Gasteiger partial charge in [-0.2, -0.15) is 4.31 Å². The molecule has 0 amide bonds. The highest BCUT2D eigenvalue weighted by atomic mass is 32.2. The number of carbonyl (C=O) groups is 1. The third-order valence-corrected chi connectivity index (χ3v) is 6.89. The Morgan fingerprint density at radius 1 is 1.00 bits per heavy atom. The maximum Gasteiger partial charge on any atom is 0.331 e. The third-order valence-electron chi connectivity index (χ3n) is 4.83. The van der Waals surface area contributed by atoms with Crippen LogP contribution >= 0.6 is 0 Å². The number of aromatic nitrogens is 2. The predicted molar refractivity (Wildman–Crippen MR) is 120 cm³/mol. The lowest BCUT2D eigenvalue weighted by Gasteiger charge is -2.18. The van der Waals surface area contributed by atoms with E-state index in [1.807, 2.05) is 31.2 Å². The van der Waals surface area contributed by atoms with Crippen molar-refractivity contribution in [3.63, 3.8) is 0 Å². The molecule has 0 bridgehead atoms. The lowest BCUT2D eigenvalue weighted by atomic mass is 10.2. The Hall–Kier alpha value is -3.10. The number of benzene rings is 2. The van der Waals surface area contributed by atoms with Gasteiger partial charge in [0.1, 0.15) is 6.61 Å². The first-order valence-corrected chi connectivity index (χ1v) is 11.5. The number of aryl methyl sites for hydroxylation is 1. The van der Waals surface area contributed by atoms with Crippen LogP contribution in [0.1, 0.15) is 30.8 Å². The van der Waals surface area contributed by atoms with Crippen LogP contribution in [0.4, 0.5) is 0 Å². The van der Waals surface area contributed by atoms with E-state index in [1.165, 1.54) is 22.5 Å². The molecular weight excluding hydrogens is 414 g/mol. The summed E-state index contributed by atoms with van der Waals surface area (Å²) < 4.78 is 31.7. The number of esters is 1. The number of para-hydroxylation sites is 2. The molecule has 1 heterocycles. The van der Waals surface area contributed by atoms with E-state index in [9.17, 15) is 13.2 Å². The zero-order chi connectivity index (χ0) is 22.4. The van der Waals surface area contributed by atoms with Crippen molar-refractivity contribution < 1.29 is 17.9 Å². The van der Waals surface area contributed by atoms with Gasteiger partial charge in [-0.15, -0.1) is 0 Å². The summed E-state index contributed by atoms with van der Waals surface area (Å²) in [5, 5.41) is 0. The van der Waals surface area contributed by atoms with Crippen LogP contribution in [0.25, 0.3) is 17.1 Å². The summed E-state index contributed by atoms with van der Waals surface area (Å²) in [7, 11) is -3.50. The van der Waals surface area contributed by atoms with Crippen LogP contribution in [0.5, 0.6) is 0 Å². The molecule has 0 saturated heterocycles. The Balaban J connectivity index is 1.63. The summed E-state index contributed by atoms with van der Waals surface area (Å²) in [4.78, 5) is 21.3.